The van der Waals surface area contributed by atoms with Crippen LogP contribution in [0.25, 0.3) is 0 Å². The summed E-state index contributed by atoms with van der Waals surface area (Å²) in [7, 11) is 3.87. The van der Waals surface area contributed by atoms with E-state index in [4.69, 9.17) is 4.74 Å². The van der Waals surface area contributed by atoms with Crippen LogP contribution in [0.5, 0.6) is 5.75 Å². The van der Waals surface area contributed by atoms with Crippen molar-refractivity contribution in [1.82, 2.24) is 5.32 Å². The minimum atomic E-state index is 0.334. The molecule has 0 bridgehead atoms. The van der Waals surface area contributed by atoms with Gasteiger partial charge in [0.25, 0.3) is 0 Å². The monoisotopic (exact) mass is 275 g/mol. The second-order valence-corrected chi connectivity index (χ2v) is 6.63. The summed E-state index contributed by atoms with van der Waals surface area (Å²) < 4.78 is 5.69. The van der Waals surface area contributed by atoms with Crippen molar-refractivity contribution in [2.24, 2.45) is 5.41 Å². The summed E-state index contributed by atoms with van der Waals surface area (Å²) in [5, 5.41) is 3.58. The average Bonchev–Trinajstić information content (AvgIpc) is 2.42. The third-order valence-electron chi connectivity index (χ3n) is 4.98. The van der Waals surface area contributed by atoms with Gasteiger partial charge in [-0.15, -0.1) is 0 Å². The molecule has 0 radical (unpaired) electrons. The van der Waals surface area contributed by atoms with E-state index in [-0.39, 0.29) is 0 Å². The van der Waals surface area contributed by atoms with E-state index in [1.165, 1.54) is 48.8 Å². The molecule has 0 aliphatic heterocycles. The molecule has 0 saturated heterocycles. The van der Waals surface area contributed by atoms with Gasteiger partial charge in [0, 0.05) is 11.6 Å². The molecule has 1 aromatic rings. The summed E-state index contributed by atoms with van der Waals surface area (Å²) >= 11 is 0. The van der Waals surface area contributed by atoms with Crippen molar-refractivity contribution in [1.29, 1.82) is 0 Å². The smallest absolute Gasteiger partial charge is 0.124 e. The van der Waals surface area contributed by atoms with E-state index in [1.807, 2.05) is 0 Å². The minimum absolute atomic E-state index is 0.334. The maximum absolute atomic E-state index is 5.69. The third-order valence-corrected chi connectivity index (χ3v) is 4.98. The van der Waals surface area contributed by atoms with E-state index in [2.05, 4.69) is 45.3 Å². The summed E-state index contributed by atoms with van der Waals surface area (Å²) in [6.07, 6.45) is 6.68. The number of hydrogen-bond acceptors (Lipinski definition) is 2. The zero-order valence-corrected chi connectivity index (χ0v) is 13.7. The molecular formula is C18H29NO. The molecule has 1 N–H and O–H groups in total. The molecule has 1 unspecified atom stereocenters. The summed E-state index contributed by atoms with van der Waals surface area (Å²) in [6, 6.07) is 4.81. The van der Waals surface area contributed by atoms with Crippen LogP contribution < -0.4 is 10.1 Å². The Kier molecular flexibility index (Phi) is 4.74. The van der Waals surface area contributed by atoms with Crippen LogP contribution in [0.2, 0.25) is 0 Å². The van der Waals surface area contributed by atoms with Crippen molar-refractivity contribution < 1.29 is 4.74 Å². The fourth-order valence-corrected chi connectivity index (χ4v) is 3.97. The first-order valence-corrected chi connectivity index (χ1v) is 7.84. The molecule has 1 aromatic carbocycles. The zero-order valence-electron chi connectivity index (χ0n) is 13.7. The molecule has 0 heterocycles. The lowest BCUT2D eigenvalue weighted by Gasteiger charge is -2.42. The summed E-state index contributed by atoms with van der Waals surface area (Å²) in [5.74, 6) is 1.04. The fourth-order valence-electron chi connectivity index (χ4n) is 3.97. The molecule has 0 aromatic heterocycles. The lowest BCUT2D eigenvalue weighted by Crippen LogP contribution is -2.36. The van der Waals surface area contributed by atoms with Gasteiger partial charge in [0.15, 0.2) is 0 Å². The predicted molar refractivity (Wildman–Crippen MR) is 85.5 cm³/mol. The molecule has 2 heteroatoms. The molecule has 1 aliphatic carbocycles. The first kappa shape index (κ1) is 15.4. The number of aryl methyl sites for hydroxylation is 2. The zero-order chi connectivity index (χ0) is 14.8. The quantitative estimate of drug-likeness (QED) is 0.871. The van der Waals surface area contributed by atoms with Crippen LogP contribution in [0.1, 0.15) is 61.8 Å². The summed E-state index contributed by atoms with van der Waals surface area (Å²) in [4.78, 5) is 0. The van der Waals surface area contributed by atoms with Gasteiger partial charge in [0.1, 0.15) is 5.75 Å². The van der Waals surface area contributed by atoms with Crippen molar-refractivity contribution >= 4 is 0 Å². The maximum Gasteiger partial charge on any atom is 0.124 e. The first-order chi connectivity index (χ1) is 9.51. The van der Waals surface area contributed by atoms with Gasteiger partial charge >= 0.3 is 0 Å². The summed E-state index contributed by atoms with van der Waals surface area (Å²) in [5.41, 5.74) is 4.30. The fraction of sp³-hybridized carbons (Fsp3) is 0.667. The predicted octanol–water partition coefficient (Wildman–Crippen LogP) is 4.54. The molecule has 1 aliphatic rings. The highest BCUT2D eigenvalue weighted by atomic mass is 16.5. The Bertz CT molecular complexity index is 461. The Morgan fingerprint density at radius 3 is 2.35 bits per heavy atom. The standard InChI is InChI=1S/C18H29NO/c1-13-11-14(2)16(15(12-13)20-5)17(19-4)18(3)9-7-6-8-10-18/h11-12,17,19H,6-10H2,1-5H3. The average molecular weight is 275 g/mol. The molecular weight excluding hydrogens is 246 g/mol. The highest BCUT2D eigenvalue weighted by Crippen LogP contribution is 2.48. The molecule has 0 spiro atoms. The van der Waals surface area contributed by atoms with E-state index in [0.29, 0.717) is 11.5 Å². The van der Waals surface area contributed by atoms with Gasteiger partial charge in [-0.05, 0) is 56.3 Å². The number of rotatable bonds is 4. The Balaban J connectivity index is 2.46. The molecule has 2 nitrogen and oxygen atoms in total. The van der Waals surface area contributed by atoms with Crippen LogP contribution in [-0.2, 0) is 0 Å². The lowest BCUT2D eigenvalue weighted by molar-refractivity contribution is 0.147. The number of methoxy groups -OCH3 is 1. The van der Waals surface area contributed by atoms with E-state index >= 15 is 0 Å². The van der Waals surface area contributed by atoms with E-state index in [1.54, 1.807) is 7.11 Å². The SMILES string of the molecule is CNC(c1c(C)cc(C)cc1OC)C1(C)CCCCC1. The Morgan fingerprint density at radius 2 is 1.80 bits per heavy atom. The topological polar surface area (TPSA) is 21.3 Å². The molecule has 1 saturated carbocycles. The Hall–Kier alpha value is -1.02. The normalized spacial score (nSPS) is 19.6. The number of nitrogens with one attached hydrogen (secondary N) is 1. The van der Waals surface area contributed by atoms with Gasteiger partial charge in [-0.3, -0.25) is 0 Å². The highest BCUT2D eigenvalue weighted by Gasteiger charge is 2.37. The van der Waals surface area contributed by atoms with Gasteiger partial charge < -0.3 is 10.1 Å². The van der Waals surface area contributed by atoms with Crippen LogP contribution in [0.15, 0.2) is 12.1 Å². The van der Waals surface area contributed by atoms with Crippen LogP contribution in [0.3, 0.4) is 0 Å². The van der Waals surface area contributed by atoms with Gasteiger partial charge in [-0.25, -0.2) is 0 Å². The lowest BCUT2D eigenvalue weighted by atomic mass is 9.68. The molecule has 112 valence electrons. The Morgan fingerprint density at radius 1 is 1.15 bits per heavy atom. The Labute approximate surface area is 123 Å². The van der Waals surface area contributed by atoms with Gasteiger partial charge in [-0.1, -0.05) is 32.3 Å². The van der Waals surface area contributed by atoms with Crippen LogP contribution in [0, 0.1) is 19.3 Å². The van der Waals surface area contributed by atoms with Crippen molar-refractivity contribution in [3.63, 3.8) is 0 Å². The van der Waals surface area contributed by atoms with Crippen molar-refractivity contribution in [3.05, 3.63) is 28.8 Å². The molecule has 1 fully saturated rings. The minimum Gasteiger partial charge on any atom is -0.496 e. The van der Waals surface area contributed by atoms with Crippen molar-refractivity contribution in [2.75, 3.05) is 14.2 Å². The largest absolute Gasteiger partial charge is 0.496 e. The second kappa shape index (κ2) is 6.17. The van der Waals surface area contributed by atoms with Crippen LogP contribution in [-0.4, -0.2) is 14.2 Å². The van der Waals surface area contributed by atoms with Crippen LogP contribution in [0.4, 0.5) is 0 Å². The second-order valence-electron chi connectivity index (χ2n) is 6.63. The van der Waals surface area contributed by atoms with E-state index < -0.39 is 0 Å². The van der Waals surface area contributed by atoms with E-state index in [0.717, 1.165) is 5.75 Å². The third kappa shape index (κ3) is 2.85. The van der Waals surface area contributed by atoms with E-state index in [9.17, 15) is 0 Å². The molecule has 1 atom stereocenters. The number of benzene rings is 1. The first-order valence-electron chi connectivity index (χ1n) is 7.84. The highest BCUT2D eigenvalue weighted by molar-refractivity contribution is 5.46. The van der Waals surface area contributed by atoms with Gasteiger partial charge in [0.05, 0.1) is 7.11 Å². The summed E-state index contributed by atoms with van der Waals surface area (Å²) in [6.45, 7) is 6.78. The maximum atomic E-state index is 5.69. The van der Waals surface area contributed by atoms with Gasteiger partial charge in [0.2, 0.25) is 0 Å². The molecule has 0 amide bonds. The van der Waals surface area contributed by atoms with Crippen molar-refractivity contribution in [3.8, 4) is 5.75 Å². The molecule has 2 rings (SSSR count). The molecule has 20 heavy (non-hydrogen) atoms. The van der Waals surface area contributed by atoms with Gasteiger partial charge in [-0.2, -0.15) is 0 Å². The van der Waals surface area contributed by atoms with Crippen molar-refractivity contribution in [2.45, 2.75) is 58.9 Å². The van der Waals surface area contributed by atoms with Crippen LogP contribution >= 0.6 is 0 Å². The number of hydrogen-bond donors (Lipinski definition) is 1. The number of ether oxygens (including phenoxy) is 1.